The van der Waals surface area contributed by atoms with E-state index in [1.54, 1.807) is 0 Å². The number of hydrogen-bond donors (Lipinski definition) is 1. The Balaban J connectivity index is 0.875. The van der Waals surface area contributed by atoms with Crippen molar-refractivity contribution in [3.8, 4) is 46.0 Å². The Morgan fingerprint density at radius 2 is 0.657 bits per heavy atom. The average molecular weight is 1280 g/mol. The molecule has 0 aliphatic carbocycles. The Labute approximate surface area is 584 Å². The number of anilines is 14. The first-order chi connectivity index (χ1) is 51.4. The van der Waals surface area contributed by atoms with Gasteiger partial charge < -0.3 is 43.9 Å². The number of aryl methyl sites for hydroxylation is 3. The van der Waals surface area contributed by atoms with E-state index in [1.165, 1.54) is 0 Å². The number of nitrogens with zero attached hydrogens (tertiary/aromatic N) is 4. The van der Waals surface area contributed by atoms with Crippen molar-refractivity contribution in [2.75, 3.05) is 24.9 Å². The van der Waals surface area contributed by atoms with Crippen molar-refractivity contribution in [2.45, 2.75) is 20.8 Å². The normalized spacial score (nSPS) is 14.0. The molecule has 9 nitrogen and oxygen atoms in total. The largest absolute Gasteiger partial charge is 0.458 e. The number of fused-ring (bicyclic) bond motifs is 12. The predicted molar refractivity (Wildman–Crippen MR) is 409 cm³/mol. The maximum absolute atomic E-state index is 11.3. The Bertz CT molecular complexity index is 5870. The van der Waals surface area contributed by atoms with Gasteiger partial charge in [0.05, 0.1) is 31.0 Å². The van der Waals surface area contributed by atoms with Crippen LogP contribution in [-0.2, 0) is 0 Å². The minimum Gasteiger partial charge on any atom is -0.458 e. The minimum absolute atomic E-state index is 0.00452. The summed E-state index contributed by atoms with van der Waals surface area (Å²) in [6.07, 6.45) is 0. The van der Waals surface area contributed by atoms with Crippen LogP contribution in [0.25, 0.3) is 0 Å². The Morgan fingerprint density at radius 1 is 0.293 bits per heavy atom. The van der Waals surface area contributed by atoms with Gasteiger partial charge in [0, 0.05) is 98.6 Å². The van der Waals surface area contributed by atoms with Crippen LogP contribution in [0.4, 0.5) is 79.6 Å². The Hall–Kier alpha value is -12.5. The van der Waals surface area contributed by atoms with Crippen LogP contribution >= 0.6 is 0 Å². The van der Waals surface area contributed by atoms with Gasteiger partial charge in [-0.1, -0.05) is 175 Å². The maximum atomic E-state index is 11.3. The molecule has 0 spiro atoms. The summed E-state index contributed by atoms with van der Waals surface area (Å²) in [6.45, 7) is 4.37. The number of hydrogen-bond acceptors (Lipinski definition) is 9. The van der Waals surface area contributed by atoms with Gasteiger partial charge in [0.2, 0.25) is 0 Å². The van der Waals surface area contributed by atoms with Crippen LogP contribution in [0.5, 0.6) is 46.0 Å². The molecule has 99 heavy (non-hydrogen) atoms. The quantitative estimate of drug-likeness (QED) is 0.135. The highest BCUT2D eigenvalue weighted by Gasteiger charge is 2.49. The third-order valence-corrected chi connectivity index (χ3v) is 20.0. The lowest BCUT2D eigenvalue weighted by atomic mass is 9.30. The fourth-order valence-electron chi connectivity index (χ4n) is 16.0. The van der Waals surface area contributed by atoms with Crippen molar-refractivity contribution in [1.82, 2.24) is 0 Å². The van der Waals surface area contributed by atoms with E-state index < -0.39 is 20.1 Å². The minimum atomic E-state index is -0.750. The van der Waals surface area contributed by atoms with Gasteiger partial charge in [-0.15, -0.1) is 0 Å². The summed E-state index contributed by atoms with van der Waals surface area (Å²) in [5.41, 5.74) is 18.3. The van der Waals surface area contributed by atoms with Crippen molar-refractivity contribution in [3.05, 3.63) is 320 Å². The van der Waals surface area contributed by atoms with E-state index in [0.717, 1.165) is 89.3 Å². The van der Waals surface area contributed by atoms with Crippen molar-refractivity contribution in [2.24, 2.45) is 0 Å². The monoisotopic (exact) mass is 1280 g/mol. The van der Waals surface area contributed by atoms with E-state index in [4.69, 9.17) is 18.9 Å². The molecule has 12 heteroatoms. The Kier molecular flexibility index (Phi) is 11.4. The highest BCUT2D eigenvalue weighted by Crippen LogP contribution is 2.51. The first-order valence-electron chi connectivity index (χ1n) is 36.5. The lowest BCUT2D eigenvalue weighted by molar-refractivity contribution is 0.465. The van der Waals surface area contributed by atoms with E-state index in [1.807, 2.05) is 239 Å². The van der Waals surface area contributed by atoms with Crippen molar-refractivity contribution in [3.63, 3.8) is 0 Å². The van der Waals surface area contributed by atoms with E-state index in [0.29, 0.717) is 79.3 Å². The molecule has 0 atom stereocenters. The van der Waals surface area contributed by atoms with Gasteiger partial charge in [-0.2, -0.15) is 0 Å². The van der Waals surface area contributed by atoms with Crippen molar-refractivity contribution < 1.29 is 27.2 Å². The molecule has 0 radical (unpaired) electrons. The van der Waals surface area contributed by atoms with Crippen LogP contribution in [0, 0.1) is 20.8 Å². The lowest BCUT2D eigenvalue weighted by Crippen LogP contribution is -2.64. The van der Waals surface area contributed by atoms with Crippen LogP contribution in [0.15, 0.2) is 303 Å². The van der Waals surface area contributed by atoms with E-state index in [2.05, 4.69) is 73.5 Å². The molecule has 20 rings (SSSR count). The molecule has 0 bridgehead atoms. The summed E-state index contributed by atoms with van der Waals surface area (Å²) in [6, 6.07) is 88.1. The van der Waals surface area contributed by atoms with Crippen LogP contribution in [0.1, 0.15) is 24.9 Å². The smallest absolute Gasteiger partial charge is 0.260 e. The maximum Gasteiger partial charge on any atom is 0.260 e. The van der Waals surface area contributed by atoms with Gasteiger partial charge in [0.25, 0.3) is 20.1 Å². The Morgan fingerprint density at radius 3 is 1.13 bits per heavy atom. The highest BCUT2D eigenvalue weighted by atomic mass is 16.5. The van der Waals surface area contributed by atoms with Gasteiger partial charge in [0.1, 0.15) is 46.0 Å². The fourth-order valence-corrected chi connectivity index (χ4v) is 16.0. The summed E-state index contributed by atoms with van der Waals surface area (Å²) in [4.78, 5) is 8.08. The lowest BCUT2D eigenvalue weighted by Gasteiger charge is -2.44. The molecule has 0 saturated heterocycles. The first-order valence-corrected chi connectivity index (χ1v) is 33.5. The van der Waals surface area contributed by atoms with E-state index >= 15 is 0 Å². The van der Waals surface area contributed by atoms with Crippen LogP contribution in [-0.4, -0.2) is 20.1 Å². The molecule has 1 N–H and O–H groups in total. The summed E-state index contributed by atoms with van der Waals surface area (Å²) in [5, 5.41) is 3.81. The van der Waals surface area contributed by atoms with Gasteiger partial charge >= 0.3 is 0 Å². The number of para-hydroxylation sites is 8. The van der Waals surface area contributed by atoms with E-state index in [9.17, 15) is 8.22 Å². The predicted octanol–water partition coefficient (Wildman–Crippen LogP) is 16.8. The van der Waals surface area contributed by atoms with Gasteiger partial charge in [-0.05, 0) is 173 Å². The number of benzene rings is 14. The van der Waals surface area contributed by atoms with Crippen molar-refractivity contribution >= 4 is 149 Å². The molecule has 6 heterocycles. The molecule has 0 fully saturated rings. The number of ether oxygens (including phenoxy) is 4. The molecule has 466 valence electrons. The number of nitrogens with one attached hydrogen (secondary N) is 1. The second-order valence-electron chi connectivity index (χ2n) is 26.0. The third kappa shape index (κ3) is 8.98. The molecule has 0 unspecified atom stereocenters. The zero-order valence-electron chi connectivity index (χ0n) is 60.1. The summed E-state index contributed by atoms with van der Waals surface area (Å²) >= 11 is 0. The molecule has 14 aromatic carbocycles. The van der Waals surface area contributed by atoms with Gasteiger partial charge in [0.15, 0.2) is 0 Å². The number of rotatable bonds is 10. The topological polar surface area (TPSA) is 61.9 Å². The van der Waals surface area contributed by atoms with Gasteiger partial charge in [-0.3, -0.25) is 0 Å². The van der Waals surface area contributed by atoms with Gasteiger partial charge in [-0.25, -0.2) is 0 Å². The molecule has 0 amide bonds. The van der Waals surface area contributed by atoms with Crippen LogP contribution in [0.2, 0.25) is 0 Å². The molecular formula is C87H60B3N5O4. The summed E-state index contributed by atoms with van der Waals surface area (Å²) in [5.74, 6) is 3.24. The average Bonchev–Trinajstić information content (AvgIpc) is 0.750. The second-order valence-corrected chi connectivity index (χ2v) is 26.0. The molecule has 6 aliphatic heterocycles. The standard InChI is InChI=1S/C87H60B3N5O4/c1-54-42-55(2)87(56(3)43-54)95-74-53-79-71(89-67-39-23-25-41-77(67)97-82-48-65(49-83(99-79)86(82)89)94(61-34-18-8-19-35-61)62-36-20-9-21-37-62)51-69(74)90-70-50-68-72(52-78(70)98-81-47-64(45-75(95)85(81)90)93(59-30-14-6-15-31-59)60-32-16-7-17-33-60)91-73-44-63(46-80-84(73)88(68)66-38-22-24-40-76(66)96-80)92(57-26-10-4-11-27-57)58-28-12-5-13-29-58/h4-53,91H,1-3H3/i44D,45D,46D,47D,48D,49D. The summed E-state index contributed by atoms with van der Waals surface area (Å²) < 4.78 is 93.2. The first kappa shape index (κ1) is 50.8. The molecule has 6 aliphatic rings. The zero-order chi connectivity index (χ0) is 70.8. The zero-order valence-corrected chi connectivity index (χ0v) is 54.1. The summed E-state index contributed by atoms with van der Waals surface area (Å²) in [7, 11) is 0. The van der Waals surface area contributed by atoms with Crippen LogP contribution in [0.3, 0.4) is 0 Å². The van der Waals surface area contributed by atoms with Crippen LogP contribution < -0.4 is 93.0 Å². The molecule has 0 saturated carbocycles. The second kappa shape index (κ2) is 22.3. The van der Waals surface area contributed by atoms with E-state index in [-0.39, 0.29) is 59.2 Å². The highest BCUT2D eigenvalue weighted by molar-refractivity contribution is 7.03. The molecule has 14 aromatic rings. The fraction of sp³-hybridized carbons (Fsp3) is 0.0345. The van der Waals surface area contributed by atoms with Crippen molar-refractivity contribution in [1.29, 1.82) is 0 Å². The SMILES string of the molecule is [2H]c1c2c3c(c([2H])c1N(c1ccccc1)c1ccccc1)Oc1ccccc1B3c1cc3c(cc1N2)Oc1c([2H])c(N(c2ccccc2)c2ccccc2)c([2H])c2c1B3c1cc3c(cc1N2c1c(C)cc(C)cc1C)Oc1c([2H])c(N(c2ccccc2)c2ccccc2)c([2H])c2c1B3c1ccccc1O2. The molecular weight excluding hydrogens is 1210 g/mol. The third-order valence-electron chi connectivity index (χ3n) is 20.0. The molecule has 0 aromatic heterocycles.